The first-order valence-electron chi connectivity index (χ1n) is 9.39. The maximum absolute atomic E-state index is 12.5. The quantitative estimate of drug-likeness (QED) is 0.838. The third-order valence-electron chi connectivity index (χ3n) is 4.73. The van der Waals surface area contributed by atoms with Gasteiger partial charge in [-0.05, 0) is 62.9 Å². The highest BCUT2D eigenvalue weighted by Crippen LogP contribution is 2.24. The molecule has 0 spiro atoms. The summed E-state index contributed by atoms with van der Waals surface area (Å²) in [5.74, 6) is 0.670. The van der Waals surface area contributed by atoms with E-state index in [1.54, 1.807) is 12.4 Å². The highest BCUT2D eigenvalue weighted by Gasteiger charge is 2.16. The molecule has 138 valence electrons. The van der Waals surface area contributed by atoms with E-state index in [0.29, 0.717) is 11.6 Å². The summed E-state index contributed by atoms with van der Waals surface area (Å²) in [6.07, 6.45) is 5.80. The van der Waals surface area contributed by atoms with Crippen molar-refractivity contribution in [3.8, 4) is 0 Å². The Morgan fingerprint density at radius 2 is 1.81 bits per heavy atom. The zero-order chi connectivity index (χ0) is 18.5. The standard InChI is InChI=1S/C21H28N4O/c1-15(2)23-19-12-17(13-22-14-19)21(26)24-18-4-6-20(7-5-18)25-10-8-16(3)9-11-25/h4-7,12-16,23H,8-11H2,1-3H3,(H,24,26). The summed E-state index contributed by atoms with van der Waals surface area (Å²) < 4.78 is 0. The SMILES string of the molecule is CC1CCN(c2ccc(NC(=O)c3cncc(NC(C)C)c3)cc2)CC1. The first kappa shape index (κ1) is 18.2. The molecule has 5 heteroatoms. The number of hydrogen-bond acceptors (Lipinski definition) is 4. The van der Waals surface area contributed by atoms with Gasteiger partial charge in [0.2, 0.25) is 0 Å². The summed E-state index contributed by atoms with van der Waals surface area (Å²) in [6.45, 7) is 8.63. The molecule has 1 aliphatic heterocycles. The molecule has 1 saturated heterocycles. The van der Waals surface area contributed by atoms with Crippen LogP contribution in [0.2, 0.25) is 0 Å². The smallest absolute Gasteiger partial charge is 0.257 e. The van der Waals surface area contributed by atoms with Crippen LogP contribution in [0.15, 0.2) is 42.7 Å². The molecule has 5 nitrogen and oxygen atoms in total. The lowest BCUT2D eigenvalue weighted by Gasteiger charge is -2.32. The lowest BCUT2D eigenvalue weighted by Crippen LogP contribution is -2.32. The van der Waals surface area contributed by atoms with Crippen LogP contribution in [-0.4, -0.2) is 30.0 Å². The van der Waals surface area contributed by atoms with E-state index in [4.69, 9.17) is 0 Å². The molecule has 1 aliphatic rings. The number of carbonyl (C=O) groups is 1. The van der Waals surface area contributed by atoms with Crippen molar-refractivity contribution in [2.24, 2.45) is 5.92 Å². The molecule has 0 bridgehead atoms. The van der Waals surface area contributed by atoms with Crippen LogP contribution < -0.4 is 15.5 Å². The largest absolute Gasteiger partial charge is 0.382 e. The number of hydrogen-bond donors (Lipinski definition) is 2. The summed E-state index contributed by atoms with van der Waals surface area (Å²) in [6, 6.07) is 10.2. The van der Waals surface area contributed by atoms with Gasteiger partial charge in [0.05, 0.1) is 11.3 Å². The van der Waals surface area contributed by atoms with Gasteiger partial charge in [0.15, 0.2) is 0 Å². The maximum Gasteiger partial charge on any atom is 0.257 e. The Morgan fingerprint density at radius 1 is 1.12 bits per heavy atom. The predicted octanol–water partition coefficient (Wildman–Crippen LogP) is 4.39. The zero-order valence-corrected chi connectivity index (χ0v) is 15.8. The number of pyridine rings is 1. The average Bonchev–Trinajstić information content (AvgIpc) is 2.63. The second kappa shape index (κ2) is 8.21. The fraction of sp³-hybridized carbons (Fsp3) is 0.429. The Balaban J connectivity index is 1.63. The van der Waals surface area contributed by atoms with Gasteiger partial charge in [0, 0.05) is 42.9 Å². The third-order valence-corrected chi connectivity index (χ3v) is 4.73. The number of nitrogens with zero attached hydrogens (tertiary/aromatic N) is 2. The van der Waals surface area contributed by atoms with Gasteiger partial charge in [-0.2, -0.15) is 0 Å². The molecule has 1 aromatic heterocycles. The Bertz CT molecular complexity index is 734. The van der Waals surface area contributed by atoms with Crippen molar-refractivity contribution in [1.29, 1.82) is 0 Å². The second-order valence-corrected chi connectivity index (χ2v) is 7.43. The first-order chi connectivity index (χ1) is 12.5. The maximum atomic E-state index is 12.5. The van der Waals surface area contributed by atoms with Crippen molar-refractivity contribution in [2.75, 3.05) is 28.6 Å². The van der Waals surface area contributed by atoms with Gasteiger partial charge in [0.1, 0.15) is 0 Å². The molecule has 0 saturated carbocycles. The summed E-state index contributed by atoms with van der Waals surface area (Å²) in [5, 5.41) is 6.21. The van der Waals surface area contributed by atoms with Crippen molar-refractivity contribution in [3.63, 3.8) is 0 Å². The summed E-state index contributed by atoms with van der Waals surface area (Å²) in [4.78, 5) is 19.1. The molecule has 0 radical (unpaired) electrons. The Kier molecular flexibility index (Phi) is 5.76. The molecule has 1 aromatic carbocycles. The molecule has 0 unspecified atom stereocenters. The Labute approximate surface area is 155 Å². The third kappa shape index (κ3) is 4.75. The first-order valence-corrected chi connectivity index (χ1v) is 9.39. The van der Waals surface area contributed by atoms with Gasteiger partial charge in [0.25, 0.3) is 5.91 Å². The lowest BCUT2D eigenvalue weighted by molar-refractivity contribution is 0.102. The van der Waals surface area contributed by atoms with E-state index in [-0.39, 0.29) is 5.91 Å². The molecule has 0 atom stereocenters. The summed E-state index contributed by atoms with van der Waals surface area (Å²) in [5.41, 5.74) is 3.41. The number of benzene rings is 1. The van der Waals surface area contributed by atoms with E-state index in [2.05, 4.69) is 53.4 Å². The average molecular weight is 352 g/mol. The van der Waals surface area contributed by atoms with Crippen molar-refractivity contribution in [2.45, 2.75) is 39.7 Å². The molecule has 2 heterocycles. The van der Waals surface area contributed by atoms with Gasteiger partial charge in [-0.15, -0.1) is 0 Å². The van der Waals surface area contributed by atoms with Crippen LogP contribution in [0.4, 0.5) is 17.1 Å². The molecule has 26 heavy (non-hydrogen) atoms. The fourth-order valence-electron chi connectivity index (χ4n) is 3.20. The molecular formula is C21H28N4O. The van der Waals surface area contributed by atoms with Gasteiger partial charge in [-0.3, -0.25) is 9.78 Å². The number of anilines is 3. The lowest BCUT2D eigenvalue weighted by atomic mass is 9.99. The van der Waals surface area contributed by atoms with Crippen LogP contribution in [-0.2, 0) is 0 Å². The molecule has 1 amide bonds. The zero-order valence-electron chi connectivity index (χ0n) is 15.8. The van der Waals surface area contributed by atoms with Gasteiger partial charge < -0.3 is 15.5 Å². The van der Waals surface area contributed by atoms with E-state index in [1.807, 2.05) is 18.2 Å². The topological polar surface area (TPSA) is 57.3 Å². The normalized spacial score (nSPS) is 15.2. The minimum absolute atomic E-state index is 0.149. The molecule has 2 N–H and O–H groups in total. The second-order valence-electron chi connectivity index (χ2n) is 7.43. The van der Waals surface area contributed by atoms with Crippen LogP contribution in [0, 0.1) is 5.92 Å². The number of nitrogens with one attached hydrogen (secondary N) is 2. The van der Waals surface area contributed by atoms with Crippen LogP contribution in [0.3, 0.4) is 0 Å². The number of carbonyl (C=O) groups excluding carboxylic acids is 1. The number of rotatable bonds is 5. The van der Waals surface area contributed by atoms with E-state index >= 15 is 0 Å². The van der Waals surface area contributed by atoms with Gasteiger partial charge >= 0.3 is 0 Å². The predicted molar refractivity (Wildman–Crippen MR) is 108 cm³/mol. The van der Waals surface area contributed by atoms with Crippen molar-refractivity contribution < 1.29 is 4.79 Å². The van der Waals surface area contributed by atoms with Gasteiger partial charge in [-0.25, -0.2) is 0 Å². The minimum Gasteiger partial charge on any atom is -0.382 e. The fourth-order valence-corrected chi connectivity index (χ4v) is 3.20. The highest BCUT2D eigenvalue weighted by atomic mass is 16.1. The Hall–Kier alpha value is -2.56. The highest BCUT2D eigenvalue weighted by molar-refractivity contribution is 6.04. The van der Waals surface area contributed by atoms with Crippen molar-refractivity contribution in [3.05, 3.63) is 48.3 Å². The molecule has 2 aromatic rings. The number of piperidine rings is 1. The van der Waals surface area contributed by atoms with Crippen LogP contribution in [0.1, 0.15) is 44.0 Å². The summed E-state index contributed by atoms with van der Waals surface area (Å²) in [7, 11) is 0. The van der Waals surface area contributed by atoms with E-state index in [9.17, 15) is 4.79 Å². The molecule has 0 aliphatic carbocycles. The summed E-state index contributed by atoms with van der Waals surface area (Å²) >= 11 is 0. The molecule has 3 rings (SSSR count). The van der Waals surface area contributed by atoms with Crippen LogP contribution >= 0.6 is 0 Å². The number of amides is 1. The van der Waals surface area contributed by atoms with Gasteiger partial charge in [-0.1, -0.05) is 6.92 Å². The van der Waals surface area contributed by atoms with E-state index in [1.165, 1.54) is 18.5 Å². The monoisotopic (exact) mass is 352 g/mol. The van der Waals surface area contributed by atoms with Crippen molar-refractivity contribution >= 4 is 23.0 Å². The van der Waals surface area contributed by atoms with Crippen LogP contribution in [0.25, 0.3) is 0 Å². The Morgan fingerprint density at radius 3 is 2.46 bits per heavy atom. The molecular weight excluding hydrogens is 324 g/mol. The van der Waals surface area contributed by atoms with Crippen molar-refractivity contribution in [1.82, 2.24) is 4.98 Å². The number of aromatic nitrogens is 1. The van der Waals surface area contributed by atoms with Crippen LogP contribution in [0.5, 0.6) is 0 Å². The van der Waals surface area contributed by atoms with E-state index in [0.717, 1.165) is 30.4 Å². The minimum atomic E-state index is -0.149. The van der Waals surface area contributed by atoms with E-state index < -0.39 is 0 Å². The molecule has 1 fully saturated rings.